The number of nitrogens with one attached hydrogen (secondary N) is 1. The summed E-state index contributed by atoms with van der Waals surface area (Å²) in [6.45, 7) is 2.16. The largest absolute Gasteiger partial charge is 0.433 e. The fourth-order valence-corrected chi connectivity index (χ4v) is 1.39. The van der Waals surface area contributed by atoms with Crippen LogP contribution in [-0.4, -0.2) is 26.5 Å². The Morgan fingerprint density at radius 1 is 1.16 bits per heavy atom. The van der Waals surface area contributed by atoms with Crippen LogP contribution in [0.5, 0.6) is 0 Å². The van der Waals surface area contributed by atoms with Crippen molar-refractivity contribution >= 4 is 5.95 Å². The van der Waals surface area contributed by atoms with E-state index in [0.717, 1.165) is 6.07 Å². The average Bonchev–Trinajstić information content (AvgIpc) is 2.39. The summed E-state index contributed by atoms with van der Waals surface area (Å²) in [5.41, 5.74) is -0.681. The Kier molecular flexibility index (Phi) is 3.59. The van der Waals surface area contributed by atoms with Crippen molar-refractivity contribution < 1.29 is 13.2 Å². The molecule has 0 atom stereocenters. The molecule has 0 aromatic carbocycles. The standard InChI is InChI=1S/C11H10F3N5/c1-2-16-10-18-7(8-6-15-3-4-17-8)5-9(19-10)11(12,13)14/h3-6H,2H2,1H3,(H,16,18,19). The van der Waals surface area contributed by atoms with Crippen molar-refractivity contribution in [1.82, 2.24) is 19.9 Å². The molecule has 0 saturated carbocycles. The zero-order chi connectivity index (χ0) is 13.9. The van der Waals surface area contributed by atoms with E-state index < -0.39 is 11.9 Å². The number of alkyl halides is 3. The maximum atomic E-state index is 12.7. The van der Waals surface area contributed by atoms with Gasteiger partial charge < -0.3 is 5.32 Å². The Hall–Kier alpha value is -2.25. The maximum absolute atomic E-state index is 12.7. The van der Waals surface area contributed by atoms with E-state index in [2.05, 4.69) is 25.3 Å². The van der Waals surface area contributed by atoms with Crippen LogP contribution in [0, 0.1) is 0 Å². The minimum Gasteiger partial charge on any atom is -0.354 e. The van der Waals surface area contributed by atoms with Gasteiger partial charge in [-0.3, -0.25) is 9.97 Å². The average molecular weight is 269 g/mol. The molecule has 19 heavy (non-hydrogen) atoms. The third-order valence-electron chi connectivity index (χ3n) is 2.18. The van der Waals surface area contributed by atoms with Gasteiger partial charge >= 0.3 is 6.18 Å². The van der Waals surface area contributed by atoms with E-state index in [1.165, 1.54) is 18.6 Å². The second kappa shape index (κ2) is 5.17. The lowest BCUT2D eigenvalue weighted by molar-refractivity contribution is -0.141. The summed E-state index contributed by atoms with van der Waals surface area (Å²) in [6.07, 6.45) is -0.375. The van der Waals surface area contributed by atoms with Crippen molar-refractivity contribution in [3.8, 4) is 11.4 Å². The van der Waals surface area contributed by atoms with Crippen LogP contribution in [-0.2, 0) is 6.18 Å². The number of anilines is 1. The normalized spacial score (nSPS) is 11.4. The van der Waals surface area contributed by atoms with Crippen LogP contribution in [0.4, 0.5) is 19.1 Å². The van der Waals surface area contributed by atoms with Crippen molar-refractivity contribution in [2.24, 2.45) is 0 Å². The first-order chi connectivity index (χ1) is 9.00. The van der Waals surface area contributed by atoms with E-state index in [1.807, 2.05) is 0 Å². The van der Waals surface area contributed by atoms with E-state index in [0.29, 0.717) is 6.54 Å². The molecule has 0 fully saturated rings. The van der Waals surface area contributed by atoms with Crippen LogP contribution < -0.4 is 5.32 Å². The first-order valence-electron chi connectivity index (χ1n) is 5.47. The maximum Gasteiger partial charge on any atom is 0.433 e. The van der Waals surface area contributed by atoms with Gasteiger partial charge in [0.2, 0.25) is 5.95 Å². The van der Waals surface area contributed by atoms with E-state index in [-0.39, 0.29) is 17.3 Å². The zero-order valence-electron chi connectivity index (χ0n) is 9.94. The molecule has 0 aliphatic heterocycles. The van der Waals surface area contributed by atoms with Gasteiger partial charge in [-0.2, -0.15) is 13.2 Å². The predicted octanol–water partition coefficient (Wildman–Crippen LogP) is 2.38. The van der Waals surface area contributed by atoms with E-state index in [1.54, 1.807) is 6.92 Å². The monoisotopic (exact) mass is 269 g/mol. The second-order valence-corrected chi connectivity index (χ2v) is 3.58. The molecule has 0 unspecified atom stereocenters. The van der Waals surface area contributed by atoms with Crippen molar-refractivity contribution in [2.45, 2.75) is 13.1 Å². The molecule has 8 heteroatoms. The highest BCUT2D eigenvalue weighted by Gasteiger charge is 2.33. The molecular formula is C11H10F3N5. The Balaban J connectivity index is 2.52. The third kappa shape index (κ3) is 3.15. The van der Waals surface area contributed by atoms with Gasteiger partial charge in [0.1, 0.15) is 5.69 Å². The molecule has 100 valence electrons. The van der Waals surface area contributed by atoms with E-state index in [9.17, 15) is 13.2 Å². The summed E-state index contributed by atoms with van der Waals surface area (Å²) in [5, 5.41) is 2.66. The predicted molar refractivity (Wildman–Crippen MR) is 62.2 cm³/mol. The molecule has 2 aromatic heterocycles. The summed E-state index contributed by atoms with van der Waals surface area (Å²) in [4.78, 5) is 15.1. The number of aromatic nitrogens is 4. The van der Waals surface area contributed by atoms with Crippen LogP contribution in [0.1, 0.15) is 12.6 Å². The quantitative estimate of drug-likeness (QED) is 0.926. The van der Waals surface area contributed by atoms with Crippen LogP contribution in [0.15, 0.2) is 24.7 Å². The minimum absolute atomic E-state index is 0.0753. The van der Waals surface area contributed by atoms with Gasteiger partial charge in [-0.1, -0.05) is 0 Å². The fourth-order valence-electron chi connectivity index (χ4n) is 1.39. The van der Waals surface area contributed by atoms with Crippen molar-refractivity contribution in [1.29, 1.82) is 0 Å². The lowest BCUT2D eigenvalue weighted by Gasteiger charge is -2.10. The second-order valence-electron chi connectivity index (χ2n) is 3.58. The Morgan fingerprint density at radius 3 is 2.53 bits per heavy atom. The first-order valence-corrected chi connectivity index (χ1v) is 5.47. The molecule has 0 aliphatic rings. The first kappa shape index (κ1) is 13.2. The molecule has 0 radical (unpaired) electrons. The highest BCUT2D eigenvalue weighted by atomic mass is 19.4. The SMILES string of the molecule is CCNc1nc(-c2cnccn2)cc(C(F)(F)F)n1. The summed E-state index contributed by atoms with van der Waals surface area (Å²) < 4.78 is 38.2. The number of halogens is 3. The number of hydrogen-bond acceptors (Lipinski definition) is 5. The van der Waals surface area contributed by atoms with E-state index >= 15 is 0 Å². The zero-order valence-corrected chi connectivity index (χ0v) is 9.94. The number of hydrogen-bond donors (Lipinski definition) is 1. The molecule has 2 heterocycles. The molecule has 0 amide bonds. The summed E-state index contributed by atoms with van der Waals surface area (Å²) >= 11 is 0. The van der Waals surface area contributed by atoms with Gasteiger partial charge in [-0.25, -0.2) is 9.97 Å². The minimum atomic E-state index is -4.54. The summed E-state index contributed by atoms with van der Waals surface area (Å²) in [6, 6.07) is 0.852. The number of rotatable bonds is 3. The molecule has 0 aliphatic carbocycles. The number of nitrogens with zero attached hydrogens (tertiary/aromatic N) is 4. The molecule has 1 N–H and O–H groups in total. The van der Waals surface area contributed by atoms with Crippen molar-refractivity contribution in [3.63, 3.8) is 0 Å². The van der Waals surface area contributed by atoms with Crippen LogP contribution >= 0.6 is 0 Å². The lowest BCUT2D eigenvalue weighted by atomic mass is 10.2. The Labute approximate surface area is 107 Å². The topological polar surface area (TPSA) is 63.6 Å². The molecule has 5 nitrogen and oxygen atoms in total. The molecular weight excluding hydrogens is 259 g/mol. The van der Waals surface area contributed by atoms with Gasteiger partial charge in [-0.05, 0) is 13.0 Å². The molecule has 0 bridgehead atoms. The fraction of sp³-hybridized carbons (Fsp3) is 0.273. The molecule has 2 aromatic rings. The van der Waals surface area contributed by atoms with Crippen LogP contribution in [0.3, 0.4) is 0 Å². The van der Waals surface area contributed by atoms with Gasteiger partial charge in [0.15, 0.2) is 5.69 Å². The summed E-state index contributed by atoms with van der Waals surface area (Å²) in [5.74, 6) is -0.0852. The molecule has 2 rings (SSSR count). The van der Waals surface area contributed by atoms with E-state index in [4.69, 9.17) is 0 Å². The lowest BCUT2D eigenvalue weighted by Crippen LogP contribution is -2.12. The highest BCUT2D eigenvalue weighted by Crippen LogP contribution is 2.30. The Morgan fingerprint density at radius 2 is 1.95 bits per heavy atom. The molecule has 0 saturated heterocycles. The van der Waals surface area contributed by atoms with Crippen molar-refractivity contribution in [2.75, 3.05) is 11.9 Å². The van der Waals surface area contributed by atoms with Crippen molar-refractivity contribution in [3.05, 3.63) is 30.4 Å². The summed E-state index contributed by atoms with van der Waals surface area (Å²) in [7, 11) is 0. The molecule has 0 spiro atoms. The van der Waals surface area contributed by atoms with Gasteiger partial charge in [0.05, 0.1) is 11.9 Å². The van der Waals surface area contributed by atoms with Gasteiger partial charge in [0.25, 0.3) is 0 Å². The highest BCUT2D eigenvalue weighted by molar-refractivity contribution is 5.55. The smallest absolute Gasteiger partial charge is 0.354 e. The third-order valence-corrected chi connectivity index (χ3v) is 2.18. The Bertz CT molecular complexity index is 556. The van der Waals surface area contributed by atoms with Gasteiger partial charge in [0, 0.05) is 18.9 Å². The van der Waals surface area contributed by atoms with Gasteiger partial charge in [-0.15, -0.1) is 0 Å². The van der Waals surface area contributed by atoms with Crippen LogP contribution in [0.25, 0.3) is 11.4 Å². The van der Waals surface area contributed by atoms with Crippen LogP contribution in [0.2, 0.25) is 0 Å².